The molecule has 0 aliphatic rings. The molecule has 0 atom stereocenters. The van der Waals surface area contributed by atoms with Crippen molar-refractivity contribution in [3.05, 3.63) is 29.0 Å². The van der Waals surface area contributed by atoms with Gasteiger partial charge in [0, 0.05) is 11.8 Å². The molecule has 5 heteroatoms. The van der Waals surface area contributed by atoms with Gasteiger partial charge >= 0.3 is 5.97 Å². The lowest BCUT2D eigenvalue weighted by atomic mass is 10.2. The number of rotatable bonds is 2. The maximum absolute atomic E-state index is 10.8. The van der Waals surface area contributed by atoms with Crippen LogP contribution in [0.4, 0.5) is 0 Å². The number of imidazole rings is 1. The van der Waals surface area contributed by atoms with E-state index in [1.807, 2.05) is 26.8 Å². The molecule has 0 aliphatic carbocycles. The van der Waals surface area contributed by atoms with E-state index in [1.54, 1.807) is 4.40 Å². The minimum Gasteiger partial charge on any atom is -0.481 e. The molecule has 0 saturated heterocycles. The van der Waals surface area contributed by atoms with E-state index in [4.69, 9.17) is 5.11 Å². The van der Waals surface area contributed by atoms with E-state index in [9.17, 15) is 4.79 Å². The fraction of sp³-hybridized carbons (Fsp3) is 0.364. The van der Waals surface area contributed by atoms with Crippen molar-refractivity contribution in [3.63, 3.8) is 0 Å². The fourth-order valence-corrected chi connectivity index (χ4v) is 1.92. The summed E-state index contributed by atoms with van der Waals surface area (Å²) in [5.74, 6) is -0.0864. The molecule has 2 rings (SSSR count). The van der Waals surface area contributed by atoms with Gasteiger partial charge in [0.2, 0.25) is 0 Å². The van der Waals surface area contributed by atoms with Crippen LogP contribution in [0, 0.1) is 20.8 Å². The van der Waals surface area contributed by atoms with Crippen LogP contribution in [0.25, 0.3) is 5.65 Å². The first kappa shape index (κ1) is 10.6. The van der Waals surface area contributed by atoms with Gasteiger partial charge in [-0.1, -0.05) is 0 Å². The molecule has 16 heavy (non-hydrogen) atoms. The van der Waals surface area contributed by atoms with Crippen molar-refractivity contribution >= 4 is 11.6 Å². The van der Waals surface area contributed by atoms with Gasteiger partial charge in [-0.2, -0.15) is 0 Å². The van der Waals surface area contributed by atoms with E-state index in [0.717, 1.165) is 22.9 Å². The largest absolute Gasteiger partial charge is 0.481 e. The molecule has 0 aliphatic heterocycles. The van der Waals surface area contributed by atoms with Crippen molar-refractivity contribution < 1.29 is 9.90 Å². The Hall–Kier alpha value is -1.91. The van der Waals surface area contributed by atoms with Crippen molar-refractivity contribution in [1.29, 1.82) is 0 Å². The fourth-order valence-electron chi connectivity index (χ4n) is 1.92. The summed E-state index contributed by atoms with van der Waals surface area (Å²) in [6.45, 7) is 5.57. The van der Waals surface area contributed by atoms with Crippen molar-refractivity contribution in [1.82, 2.24) is 14.4 Å². The highest BCUT2D eigenvalue weighted by Gasteiger charge is 2.14. The van der Waals surface area contributed by atoms with Crippen LogP contribution in [-0.2, 0) is 11.2 Å². The highest BCUT2D eigenvalue weighted by Crippen LogP contribution is 2.15. The lowest BCUT2D eigenvalue weighted by Crippen LogP contribution is -2.07. The second kappa shape index (κ2) is 3.59. The highest BCUT2D eigenvalue weighted by atomic mass is 16.4. The number of carbonyl (C=O) groups is 1. The topological polar surface area (TPSA) is 67.5 Å². The summed E-state index contributed by atoms with van der Waals surface area (Å²) in [6, 6.07) is 1.85. The Kier molecular flexibility index (Phi) is 2.38. The predicted octanol–water partition coefficient (Wildman–Crippen LogP) is 1.28. The number of carboxylic acids is 1. The van der Waals surface area contributed by atoms with Crippen LogP contribution in [0.1, 0.15) is 22.9 Å². The molecule has 0 spiro atoms. The van der Waals surface area contributed by atoms with Crippen molar-refractivity contribution in [2.75, 3.05) is 0 Å². The monoisotopic (exact) mass is 219 g/mol. The van der Waals surface area contributed by atoms with Crippen LogP contribution in [-0.4, -0.2) is 25.4 Å². The first-order valence-corrected chi connectivity index (χ1v) is 5.03. The standard InChI is InChI=1S/C11H13N3O2/c1-6-4-10-13-7(2)9(5-11(15)16)14(10)8(3)12-6/h4H,5H2,1-3H3,(H,15,16). The minimum atomic E-state index is -0.857. The molecule has 0 bridgehead atoms. The van der Waals surface area contributed by atoms with Crippen molar-refractivity contribution in [3.8, 4) is 0 Å². The van der Waals surface area contributed by atoms with E-state index in [0.29, 0.717) is 5.69 Å². The normalized spacial score (nSPS) is 10.9. The molecule has 2 heterocycles. The number of nitrogens with zero attached hydrogens (tertiary/aromatic N) is 3. The molecule has 84 valence electrons. The van der Waals surface area contributed by atoms with Crippen molar-refractivity contribution in [2.24, 2.45) is 0 Å². The first-order valence-electron chi connectivity index (χ1n) is 5.03. The number of hydrogen-bond donors (Lipinski definition) is 1. The molecule has 0 unspecified atom stereocenters. The van der Waals surface area contributed by atoms with Crippen LogP contribution >= 0.6 is 0 Å². The number of aliphatic carboxylic acids is 1. The van der Waals surface area contributed by atoms with E-state index in [1.165, 1.54) is 0 Å². The molecule has 0 amide bonds. The number of fused-ring (bicyclic) bond motifs is 1. The lowest BCUT2D eigenvalue weighted by Gasteiger charge is -2.04. The zero-order chi connectivity index (χ0) is 11.9. The Morgan fingerprint density at radius 2 is 2.06 bits per heavy atom. The zero-order valence-corrected chi connectivity index (χ0v) is 9.48. The third kappa shape index (κ3) is 1.64. The minimum absolute atomic E-state index is 0.0292. The Bertz CT molecular complexity index is 572. The second-order valence-corrected chi connectivity index (χ2v) is 3.85. The van der Waals surface area contributed by atoms with Crippen LogP contribution < -0.4 is 0 Å². The maximum atomic E-state index is 10.8. The van der Waals surface area contributed by atoms with Crippen LogP contribution in [0.2, 0.25) is 0 Å². The van der Waals surface area contributed by atoms with E-state index in [2.05, 4.69) is 9.97 Å². The quantitative estimate of drug-likeness (QED) is 0.826. The summed E-state index contributed by atoms with van der Waals surface area (Å²) in [7, 11) is 0. The highest BCUT2D eigenvalue weighted by molar-refractivity contribution is 5.70. The summed E-state index contributed by atoms with van der Waals surface area (Å²) < 4.78 is 1.80. The Balaban J connectivity index is 2.73. The van der Waals surface area contributed by atoms with Gasteiger partial charge in [-0.25, -0.2) is 9.97 Å². The molecule has 0 saturated carbocycles. The third-order valence-corrected chi connectivity index (χ3v) is 2.52. The molecule has 0 aromatic carbocycles. The van der Waals surface area contributed by atoms with Gasteiger partial charge in [0.15, 0.2) is 0 Å². The molecule has 2 aromatic heterocycles. The van der Waals surface area contributed by atoms with Crippen LogP contribution in [0.3, 0.4) is 0 Å². The van der Waals surface area contributed by atoms with Gasteiger partial charge in [0.1, 0.15) is 11.5 Å². The van der Waals surface area contributed by atoms with Gasteiger partial charge in [-0.3, -0.25) is 9.20 Å². The summed E-state index contributed by atoms with van der Waals surface area (Å²) in [5.41, 5.74) is 3.10. The van der Waals surface area contributed by atoms with E-state index < -0.39 is 5.97 Å². The van der Waals surface area contributed by atoms with E-state index in [-0.39, 0.29) is 6.42 Å². The maximum Gasteiger partial charge on any atom is 0.309 e. The average molecular weight is 219 g/mol. The SMILES string of the molecule is Cc1cc2nc(C)c(CC(=O)O)n2c(C)n1. The second-order valence-electron chi connectivity index (χ2n) is 3.85. The summed E-state index contributed by atoms with van der Waals surface area (Å²) in [4.78, 5) is 19.4. The number of aromatic nitrogens is 3. The smallest absolute Gasteiger partial charge is 0.309 e. The van der Waals surface area contributed by atoms with Crippen LogP contribution in [0.15, 0.2) is 6.07 Å². The molecule has 2 aromatic rings. The summed E-state index contributed by atoms with van der Waals surface area (Å²) >= 11 is 0. The molecule has 5 nitrogen and oxygen atoms in total. The molecule has 1 N–H and O–H groups in total. The van der Waals surface area contributed by atoms with Gasteiger partial charge < -0.3 is 5.11 Å². The third-order valence-electron chi connectivity index (χ3n) is 2.52. The average Bonchev–Trinajstić information content (AvgIpc) is 2.41. The van der Waals surface area contributed by atoms with Crippen molar-refractivity contribution in [2.45, 2.75) is 27.2 Å². The zero-order valence-electron chi connectivity index (χ0n) is 9.48. The van der Waals surface area contributed by atoms with Gasteiger partial charge in [0.05, 0.1) is 17.8 Å². The Morgan fingerprint density at radius 3 is 2.69 bits per heavy atom. The molecular formula is C11H13N3O2. The first-order chi connectivity index (χ1) is 7.49. The predicted molar refractivity (Wildman–Crippen MR) is 58.5 cm³/mol. The number of hydrogen-bond acceptors (Lipinski definition) is 3. The lowest BCUT2D eigenvalue weighted by molar-refractivity contribution is -0.136. The Labute approximate surface area is 92.8 Å². The van der Waals surface area contributed by atoms with Gasteiger partial charge in [-0.05, 0) is 20.8 Å². The Morgan fingerprint density at radius 1 is 1.38 bits per heavy atom. The van der Waals surface area contributed by atoms with Gasteiger partial charge in [0.25, 0.3) is 0 Å². The van der Waals surface area contributed by atoms with Gasteiger partial charge in [-0.15, -0.1) is 0 Å². The van der Waals surface area contributed by atoms with E-state index >= 15 is 0 Å². The summed E-state index contributed by atoms with van der Waals surface area (Å²) in [6.07, 6.45) is -0.0292. The molecular weight excluding hydrogens is 206 g/mol. The molecule has 0 radical (unpaired) electrons. The van der Waals surface area contributed by atoms with Crippen LogP contribution in [0.5, 0.6) is 0 Å². The number of aryl methyl sites for hydroxylation is 3. The molecule has 0 fully saturated rings. The summed E-state index contributed by atoms with van der Waals surface area (Å²) in [5, 5.41) is 8.85. The number of carboxylic acid groups (broad SMARTS) is 1.